The Bertz CT molecular complexity index is 1080. The van der Waals surface area contributed by atoms with Gasteiger partial charge in [-0.05, 0) is 62.9 Å². The van der Waals surface area contributed by atoms with E-state index in [0.29, 0.717) is 71.3 Å². The van der Waals surface area contributed by atoms with Crippen LogP contribution in [0.15, 0.2) is 24.3 Å². The summed E-state index contributed by atoms with van der Waals surface area (Å²) in [6, 6.07) is 6.66. The summed E-state index contributed by atoms with van der Waals surface area (Å²) in [6.45, 7) is 3.12. The van der Waals surface area contributed by atoms with E-state index < -0.39 is 11.9 Å². The second-order valence-electron chi connectivity index (χ2n) is 9.92. The number of halogens is 2. The molecule has 0 aromatic heterocycles. The van der Waals surface area contributed by atoms with Gasteiger partial charge in [0.2, 0.25) is 11.5 Å². The summed E-state index contributed by atoms with van der Waals surface area (Å²) in [5, 5.41) is 3.60. The predicted octanol–water partition coefficient (Wildman–Crippen LogP) is 4.78. The molecule has 12 nitrogen and oxygen atoms in total. The largest absolute Gasteiger partial charge is 0.493 e. The third-order valence-corrected chi connectivity index (χ3v) is 7.21. The lowest BCUT2D eigenvalue weighted by molar-refractivity contribution is 0.0478. The highest BCUT2D eigenvalue weighted by Crippen LogP contribution is 2.39. The van der Waals surface area contributed by atoms with Gasteiger partial charge in [-0.2, -0.15) is 0 Å². The quantitative estimate of drug-likeness (QED) is 0.194. The van der Waals surface area contributed by atoms with Crippen molar-refractivity contribution in [1.82, 2.24) is 10.2 Å². The van der Waals surface area contributed by atoms with Gasteiger partial charge in [0.1, 0.15) is 0 Å². The first kappa shape index (κ1) is 39.7. The van der Waals surface area contributed by atoms with Crippen molar-refractivity contribution >= 4 is 36.8 Å². The Balaban J connectivity index is 0.00000506. The lowest BCUT2D eigenvalue weighted by Crippen LogP contribution is -2.37. The summed E-state index contributed by atoms with van der Waals surface area (Å²) in [5.74, 6) is 1.56. The smallest absolute Gasteiger partial charge is 0.338 e. The lowest BCUT2D eigenvalue weighted by atomic mass is 10.1. The first-order valence-corrected chi connectivity index (χ1v) is 14.3. The van der Waals surface area contributed by atoms with Crippen LogP contribution in [-0.2, 0) is 9.47 Å². The van der Waals surface area contributed by atoms with Crippen LogP contribution in [0.4, 0.5) is 0 Å². The molecule has 1 aliphatic heterocycles. The summed E-state index contributed by atoms with van der Waals surface area (Å²) in [5.41, 5.74) is 0.676. The molecule has 2 aromatic carbocycles. The monoisotopic (exact) mass is 676 g/mol. The molecule has 1 unspecified atom stereocenters. The van der Waals surface area contributed by atoms with Gasteiger partial charge in [0.25, 0.3) is 0 Å². The molecule has 1 aliphatic rings. The van der Waals surface area contributed by atoms with Crippen molar-refractivity contribution in [2.24, 2.45) is 0 Å². The summed E-state index contributed by atoms with van der Waals surface area (Å²) >= 11 is 0. The fourth-order valence-electron chi connectivity index (χ4n) is 4.95. The molecule has 0 radical (unpaired) electrons. The molecular formula is C31H46Cl2N2O10. The molecule has 1 saturated heterocycles. The zero-order chi connectivity index (χ0) is 31.2. The van der Waals surface area contributed by atoms with Gasteiger partial charge in [-0.3, -0.25) is 4.90 Å². The number of hydrogen-bond donors (Lipinski definition) is 1. The third kappa shape index (κ3) is 11.2. The average Bonchev–Trinajstić information content (AvgIpc) is 3.28. The number of benzene rings is 2. The van der Waals surface area contributed by atoms with Crippen LogP contribution in [0.25, 0.3) is 0 Å². The van der Waals surface area contributed by atoms with E-state index in [9.17, 15) is 9.59 Å². The number of carbonyl (C=O) groups is 2. The minimum absolute atomic E-state index is 0. The van der Waals surface area contributed by atoms with Crippen molar-refractivity contribution in [1.29, 1.82) is 0 Å². The Labute approximate surface area is 277 Å². The zero-order valence-electron chi connectivity index (χ0n) is 26.8. The van der Waals surface area contributed by atoms with E-state index in [1.54, 1.807) is 24.3 Å². The first-order valence-electron chi connectivity index (χ1n) is 14.3. The van der Waals surface area contributed by atoms with Crippen LogP contribution in [0.5, 0.6) is 34.5 Å². The molecule has 3 rings (SSSR count). The van der Waals surface area contributed by atoms with Crippen molar-refractivity contribution in [3.05, 3.63) is 35.4 Å². The standard InChI is InChI=1S/C31H44N2O10.2ClH/c1-36-24-16-21(17-25(37-2)28(24)40-5)30(34)42-14-8-11-23-10-7-12-33(20-32-23)13-9-15-43-31(35)22-18-26(38-3)29(41-6)27(19-22)39-4;;/h16-19,23,32H,7-15,20H2,1-6H3;2*1H. The van der Waals surface area contributed by atoms with E-state index in [0.717, 1.165) is 45.4 Å². The number of ether oxygens (including phenoxy) is 8. The van der Waals surface area contributed by atoms with Crippen LogP contribution in [0.3, 0.4) is 0 Å². The summed E-state index contributed by atoms with van der Waals surface area (Å²) in [7, 11) is 9.03. The molecule has 2 aromatic rings. The number of rotatable bonds is 16. The maximum Gasteiger partial charge on any atom is 0.338 e. The number of hydrogen-bond acceptors (Lipinski definition) is 12. The van der Waals surface area contributed by atoms with Crippen LogP contribution in [0.2, 0.25) is 0 Å². The zero-order valence-corrected chi connectivity index (χ0v) is 28.4. The predicted molar refractivity (Wildman–Crippen MR) is 174 cm³/mol. The van der Waals surface area contributed by atoms with E-state index in [2.05, 4.69) is 10.2 Å². The highest BCUT2D eigenvalue weighted by atomic mass is 35.5. The molecule has 45 heavy (non-hydrogen) atoms. The maximum atomic E-state index is 12.6. The van der Waals surface area contributed by atoms with E-state index >= 15 is 0 Å². The van der Waals surface area contributed by atoms with E-state index in [1.165, 1.54) is 42.7 Å². The van der Waals surface area contributed by atoms with Crippen molar-refractivity contribution in [2.45, 2.75) is 38.1 Å². The number of esters is 2. The van der Waals surface area contributed by atoms with Gasteiger partial charge in [-0.25, -0.2) is 9.59 Å². The van der Waals surface area contributed by atoms with Crippen LogP contribution >= 0.6 is 24.8 Å². The SMILES string of the molecule is COc1cc(C(=O)OCCCC2CCCN(CCCOC(=O)c3cc(OC)c(OC)c(OC)c3)CN2)cc(OC)c1OC.Cl.Cl. The molecule has 0 saturated carbocycles. The second kappa shape index (κ2) is 20.7. The highest BCUT2D eigenvalue weighted by Gasteiger charge is 2.20. The lowest BCUT2D eigenvalue weighted by Gasteiger charge is -2.21. The second-order valence-corrected chi connectivity index (χ2v) is 9.92. The number of nitrogens with zero attached hydrogens (tertiary/aromatic N) is 1. The third-order valence-electron chi connectivity index (χ3n) is 7.21. The van der Waals surface area contributed by atoms with E-state index in [4.69, 9.17) is 37.9 Å². The molecule has 0 spiro atoms. The van der Waals surface area contributed by atoms with Crippen molar-refractivity contribution in [3.8, 4) is 34.5 Å². The molecule has 14 heteroatoms. The highest BCUT2D eigenvalue weighted by molar-refractivity contribution is 5.91. The summed E-state index contributed by atoms with van der Waals surface area (Å²) in [6.07, 6.45) is 4.43. The maximum absolute atomic E-state index is 12.6. The fraction of sp³-hybridized carbons (Fsp3) is 0.548. The van der Waals surface area contributed by atoms with Gasteiger partial charge in [-0.1, -0.05) is 0 Å². The van der Waals surface area contributed by atoms with Crippen LogP contribution < -0.4 is 33.7 Å². The van der Waals surface area contributed by atoms with Gasteiger partial charge >= 0.3 is 11.9 Å². The molecule has 1 fully saturated rings. The number of methoxy groups -OCH3 is 6. The molecule has 1 heterocycles. The van der Waals surface area contributed by atoms with Crippen molar-refractivity contribution in [2.75, 3.05) is 75.6 Å². The molecule has 0 aliphatic carbocycles. The van der Waals surface area contributed by atoms with Gasteiger partial charge in [0.15, 0.2) is 23.0 Å². The summed E-state index contributed by atoms with van der Waals surface area (Å²) < 4.78 is 42.9. The van der Waals surface area contributed by atoms with Crippen LogP contribution in [0, 0.1) is 0 Å². The van der Waals surface area contributed by atoms with Gasteiger partial charge < -0.3 is 43.2 Å². The van der Waals surface area contributed by atoms with Gasteiger partial charge in [0, 0.05) is 19.3 Å². The van der Waals surface area contributed by atoms with Crippen LogP contribution in [0.1, 0.15) is 52.8 Å². The van der Waals surface area contributed by atoms with Gasteiger partial charge in [0.05, 0.1) is 67.0 Å². The Morgan fingerprint density at radius 2 is 1.16 bits per heavy atom. The first-order chi connectivity index (χ1) is 20.9. The summed E-state index contributed by atoms with van der Waals surface area (Å²) in [4.78, 5) is 27.5. The molecule has 1 N–H and O–H groups in total. The minimum atomic E-state index is -0.445. The number of nitrogens with one attached hydrogen (secondary N) is 1. The fourth-order valence-corrected chi connectivity index (χ4v) is 4.95. The van der Waals surface area contributed by atoms with Crippen molar-refractivity contribution < 1.29 is 47.5 Å². The molecular weight excluding hydrogens is 631 g/mol. The van der Waals surface area contributed by atoms with E-state index in [1.807, 2.05) is 0 Å². The van der Waals surface area contributed by atoms with Crippen molar-refractivity contribution in [3.63, 3.8) is 0 Å². The Hall–Kier alpha value is -3.32. The molecule has 0 bridgehead atoms. The topological polar surface area (TPSA) is 123 Å². The number of carbonyl (C=O) groups excluding carboxylic acids is 2. The van der Waals surface area contributed by atoms with Gasteiger partial charge in [-0.15, -0.1) is 24.8 Å². The minimum Gasteiger partial charge on any atom is -0.493 e. The molecule has 1 atom stereocenters. The molecule has 0 amide bonds. The Morgan fingerprint density at radius 3 is 1.58 bits per heavy atom. The average molecular weight is 678 g/mol. The van der Waals surface area contributed by atoms with E-state index in [-0.39, 0.29) is 24.8 Å². The Morgan fingerprint density at radius 1 is 0.711 bits per heavy atom. The van der Waals surface area contributed by atoms with Crippen LogP contribution in [-0.4, -0.2) is 98.5 Å². The molecule has 254 valence electrons. The normalized spacial score (nSPS) is 14.5. The Kier molecular flexibility index (Phi) is 18.2.